The molecule has 0 N–H and O–H groups in total. The molecule has 0 bridgehead atoms. The molecule has 142 valence electrons. The van der Waals surface area contributed by atoms with Crippen LogP contribution in [0.4, 0.5) is 0 Å². The van der Waals surface area contributed by atoms with Gasteiger partial charge in [0, 0.05) is 22.7 Å². The molecule has 0 fully saturated rings. The number of aromatic nitrogens is 2. The summed E-state index contributed by atoms with van der Waals surface area (Å²) in [5.41, 5.74) is 0.666. The predicted octanol–water partition coefficient (Wildman–Crippen LogP) is 3.87. The number of rotatable bonds is 6. The van der Waals surface area contributed by atoms with Crippen molar-refractivity contribution in [1.29, 1.82) is 0 Å². The normalized spacial score (nSPS) is 11.7. The average molecular weight is 428 g/mol. The van der Waals surface area contributed by atoms with Gasteiger partial charge in [0.05, 0.1) is 13.7 Å². The summed E-state index contributed by atoms with van der Waals surface area (Å²) >= 11 is 11.9. The van der Waals surface area contributed by atoms with Gasteiger partial charge in [-0.05, 0) is 30.3 Å². The van der Waals surface area contributed by atoms with Gasteiger partial charge >= 0.3 is 0 Å². The first-order chi connectivity index (χ1) is 12.8. The maximum absolute atomic E-state index is 12.9. The van der Waals surface area contributed by atoms with Crippen LogP contribution in [0.5, 0.6) is 5.75 Å². The highest BCUT2D eigenvalue weighted by molar-refractivity contribution is 7.89. The maximum Gasteiger partial charge on any atom is 0.247 e. The zero-order chi connectivity index (χ0) is 19.6. The molecule has 2 aromatic carbocycles. The van der Waals surface area contributed by atoms with Gasteiger partial charge in [0.2, 0.25) is 21.7 Å². The summed E-state index contributed by atoms with van der Waals surface area (Å²) in [6, 6.07) is 11.3. The minimum absolute atomic E-state index is 0.0467. The number of sulfonamides is 1. The van der Waals surface area contributed by atoms with Crippen LogP contribution < -0.4 is 4.74 Å². The lowest BCUT2D eigenvalue weighted by Crippen LogP contribution is -2.27. The number of hydrogen-bond donors (Lipinski definition) is 0. The Balaban J connectivity index is 1.85. The Morgan fingerprint density at radius 3 is 2.59 bits per heavy atom. The summed E-state index contributed by atoms with van der Waals surface area (Å²) in [7, 11) is -1.10. The van der Waals surface area contributed by atoms with Crippen molar-refractivity contribution in [3.63, 3.8) is 0 Å². The Labute approximate surface area is 166 Å². The molecule has 0 aliphatic rings. The molecular formula is C17H15Cl2N3O4S. The Bertz CT molecular complexity index is 1070. The van der Waals surface area contributed by atoms with E-state index in [1.807, 2.05) is 0 Å². The van der Waals surface area contributed by atoms with Crippen molar-refractivity contribution in [3.8, 4) is 17.1 Å². The van der Waals surface area contributed by atoms with Crippen LogP contribution >= 0.6 is 23.2 Å². The molecule has 1 aromatic heterocycles. The first-order valence-corrected chi connectivity index (χ1v) is 9.89. The van der Waals surface area contributed by atoms with E-state index in [0.29, 0.717) is 16.4 Å². The fourth-order valence-corrected chi connectivity index (χ4v) is 4.08. The monoisotopic (exact) mass is 427 g/mol. The molecule has 10 heteroatoms. The first kappa shape index (κ1) is 19.6. The molecule has 0 saturated carbocycles. The Morgan fingerprint density at radius 1 is 1.15 bits per heavy atom. The SMILES string of the molecule is COc1ccc(Cl)cc1S(=O)(=O)N(C)Cc1nc(-c2cccc(Cl)c2)no1. The van der Waals surface area contributed by atoms with Crippen LogP contribution in [0.3, 0.4) is 0 Å². The molecule has 3 aromatic rings. The predicted molar refractivity (Wildman–Crippen MR) is 101 cm³/mol. The summed E-state index contributed by atoms with van der Waals surface area (Å²) in [4.78, 5) is 4.18. The Morgan fingerprint density at radius 2 is 1.89 bits per heavy atom. The van der Waals surface area contributed by atoms with Gasteiger partial charge in [-0.3, -0.25) is 0 Å². The molecule has 0 aliphatic heterocycles. The van der Waals surface area contributed by atoms with Crippen LogP contribution in [-0.2, 0) is 16.6 Å². The molecule has 1 heterocycles. The third kappa shape index (κ3) is 4.24. The second-order valence-corrected chi connectivity index (χ2v) is 8.46. The number of halogens is 2. The van der Waals surface area contributed by atoms with E-state index in [0.717, 1.165) is 4.31 Å². The Hall–Kier alpha value is -2.13. The summed E-state index contributed by atoms with van der Waals surface area (Å²) < 4.78 is 37.1. The molecule has 27 heavy (non-hydrogen) atoms. The van der Waals surface area contributed by atoms with Gasteiger partial charge in [-0.25, -0.2) is 8.42 Å². The fraction of sp³-hybridized carbons (Fsp3) is 0.176. The lowest BCUT2D eigenvalue weighted by molar-refractivity contribution is 0.335. The van der Waals surface area contributed by atoms with Gasteiger partial charge in [0.25, 0.3) is 0 Å². The summed E-state index contributed by atoms with van der Waals surface area (Å²) in [6.45, 7) is -0.119. The number of benzene rings is 2. The van der Waals surface area contributed by atoms with Crippen molar-refractivity contribution >= 4 is 33.2 Å². The van der Waals surface area contributed by atoms with Crippen LogP contribution in [0.1, 0.15) is 5.89 Å². The van der Waals surface area contributed by atoms with E-state index in [-0.39, 0.29) is 28.1 Å². The third-order valence-electron chi connectivity index (χ3n) is 3.72. The molecular weight excluding hydrogens is 413 g/mol. The van der Waals surface area contributed by atoms with E-state index < -0.39 is 10.0 Å². The number of nitrogens with zero attached hydrogens (tertiary/aromatic N) is 3. The molecule has 0 atom stereocenters. The zero-order valence-corrected chi connectivity index (χ0v) is 16.7. The summed E-state index contributed by atoms with van der Waals surface area (Å²) in [6.07, 6.45) is 0. The molecule has 0 spiro atoms. The van der Waals surface area contributed by atoms with Crippen molar-refractivity contribution < 1.29 is 17.7 Å². The molecule has 0 aliphatic carbocycles. The highest BCUT2D eigenvalue weighted by Crippen LogP contribution is 2.30. The lowest BCUT2D eigenvalue weighted by atomic mass is 10.2. The zero-order valence-electron chi connectivity index (χ0n) is 14.4. The van der Waals surface area contributed by atoms with E-state index in [2.05, 4.69) is 10.1 Å². The quantitative estimate of drug-likeness (QED) is 0.593. The third-order valence-corrected chi connectivity index (χ3v) is 6.02. The van der Waals surface area contributed by atoms with E-state index in [1.165, 1.54) is 26.3 Å². The topological polar surface area (TPSA) is 85.5 Å². The Kier molecular flexibility index (Phi) is 5.71. The second-order valence-electron chi connectivity index (χ2n) is 5.58. The number of hydrogen-bond acceptors (Lipinski definition) is 6. The molecule has 0 unspecified atom stereocenters. The van der Waals surface area contributed by atoms with Crippen LogP contribution in [0.15, 0.2) is 51.9 Å². The van der Waals surface area contributed by atoms with Gasteiger partial charge in [-0.2, -0.15) is 9.29 Å². The fourth-order valence-electron chi connectivity index (χ4n) is 2.36. The van der Waals surface area contributed by atoms with Crippen molar-refractivity contribution in [3.05, 3.63) is 58.4 Å². The van der Waals surface area contributed by atoms with Gasteiger partial charge < -0.3 is 9.26 Å². The molecule has 0 amide bonds. The minimum atomic E-state index is -3.89. The second kappa shape index (κ2) is 7.85. The number of methoxy groups -OCH3 is 1. The van der Waals surface area contributed by atoms with Crippen molar-refractivity contribution in [2.45, 2.75) is 11.4 Å². The van der Waals surface area contributed by atoms with Crippen LogP contribution in [0.2, 0.25) is 10.0 Å². The average Bonchev–Trinajstić information content (AvgIpc) is 3.10. The van der Waals surface area contributed by atoms with E-state index in [1.54, 1.807) is 30.3 Å². The summed E-state index contributed by atoms with van der Waals surface area (Å²) in [5, 5.41) is 4.69. The molecule has 3 rings (SSSR count). The highest BCUT2D eigenvalue weighted by Gasteiger charge is 2.27. The molecule has 7 nitrogen and oxygen atoms in total. The van der Waals surface area contributed by atoms with Gasteiger partial charge in [-0.15, -0.1) is 0 Å². The molecule has 0 radical (unpaired) electrons. The van der Waals surface area contributed by atoms with Crippen LogP contribution in [0.25, 0.3) is 11.4 Å². The molecule has 0 saturated heterocycles. The maximum atomic E-state index is 12.9. The van der Waals surface area contributed by atoms with E-state index in [4.69, 9.17) is 32.5 Å². The number of ether oxygens (including phenoxy) is 1. The van der Waals surface area contributed by atoms with Crippen molar-refractivity contribution in [1.82, 2.24) is 14.4 Å². The van der Waals surface area contributed by atoms with Crippen molar-refractivity contribution in [2.24, 2.45) is 0 Å². The van der Waals surface area contributed by atoms with Gasteiger partial charge in [0.1, 0.15) is 10.6 Å². The van der Waals surface area contributed by atoms with E-state index in [9.17, 15) is 8.42 Å². The first-order valence-electron chi connectivity index (χ1n) is 7.69. The highest BCUT2D eigenvalue weighted by atomic mass is 35.5. The van der Waals surface area contributed by atoms with Crippen LogP contribution in [-0.4, -0.2) is 37.0 Å². The minimum Gasteiger partial charge on any atom is -0.495 e. The smallest absolute Gasteiger partial charge is 0.247 e. The largest absolute Gasteiger partial charge is 0.495 e. The standard InChI is InChI=1S/C17H15Cl2N3O4S/c1-22(27(23,24)15-9-13(19)6-7-14(15)25-2)10-16-20-17(21-26-16)11-4-3-5-12(18)8-11/h3-9H,10H2,1-2H3. The van der Waals surface area contributed by atoms with E-state index >= 15 is 0 Å². The lowest BCUT2D eigenvalue weighted by Gasteiger charge is -2.17. The van der Waals surface area contributed by atoms with Gasteiger partial charge in [-0.1, -0.05) is 40.5 Å². The van der Waals surface area contributed by atoms with Crippen LogP contribution in [0, 0.1) is 0 Å². The van der Waals surface area contributed by atoms with Gasteiger partial charge in [0.15, 0.2) is 0 Å². The van der Waals surface area contributed by atoms with Crippen molar-refractivity contribution in [2.75, 3.05) is 14.2 Å². The summed E-state index contributed by atoms with van der Waals surface area (Å²) in [5.74, 6) is 0.645.